The first-order chi connectivity index (χ1) is 9.89. The molecule has 1 unspecified atom stereocenters. The summed E-state index contributed by atoms with van der Waals surface area (Å²) in [5.74, 6) is -0.928. The van der Waals surface area contributed by atoms with Crippen molar-refractivity contribution in [3.05, 3.63) is 24.3 Å². The lowest BCUT2D eigenvalue weighted by molar-refractivity contribution is -0.119. The van der Waals surface area contributed by atoms with Crippen LogP contribution in [-0.4, -0.2) is 31.7 Å². The van der Waals surface area contributed by atoms with E-state index in [4.69, 9.17) is 0 Å². The zero-order chi connectivity index (χ0) is 15.5. The van der Waals surface area contributed by atoms with Crippen LogP contribution in [0.5, 0.6) is 0 Å². The Morgan fingerprint density at radius 3 is 2.48 bits per heavy atom. The third kappa shape index (κ3) is 4.29. The molecule has 0 bridgehead atoms. The number of rotatable bonds is 4. The lowest BCUT2D eigenvalue weighted by Crippen LogP contribution is -2.23. The average Bonchev–Trinajstić information content (AvgIpc) is 2.79. The number of hydrogen-bond donors (Lipinski definition) is 2. The van der Waals surface area contributed by atoms with Crippen molar-refractivity contribution >= 4 is 33.0 Å². The molecule has 0 aromatic heterocycles. The van der Waals surface area contributed by atoms with Gasteiger partial charge >= 0.3 is 0 Å². The first-order valence-corrected chi connectivity index (χ1v) is 8.63. The number of hydrogen-bond acceptors (Lipinski definition) is 4. The molecular weight excluding hydrogens is 292 g/mol. The minimum atomic E-state index is -3.08. The average molecular weight is 310 g/mol. The molecule has 2 N–H and O–H groups in total. The number of benzene rings is 1. The Morgan fingerprint density at radius 2 is 1.90 bits per heavy atom. The molecule has 1 heterocycles. The molecule has 6 nitrogen and oxygen atoms in total. The Kier molecular flexibility index (Phi) is 4.62. The molecule has 0 spiro atoms. The van der Waals surface area contributed by atoms with Gasteiger partial charge in [0.1, 0.15) is 0 Å². The predicted molar refractivity (Wildman–Crippen MR) is 80.8 cm³/mol. The molecule has 1 saturated heterocycles. The summed E-state index contributed by atoms with van der Waals surface area (Å²) in [5, 5.41) is 5.40. The van der Waals surface area contributed by atoms with Gasteiger partial charge in [-0.1, -0.05) is 13.0 Å². The second-order valence-electron chi connectivity index (χ2n) is 5.07. The van der Waals surface area contributed by atoms with Gasteiger partial charge in [0.15, 0.2) is 9.84 Å². The Hall–Kier alpha value is -1.89. The maximum Gasteiger partial charge on any atom is 0.228 e. The van der Waals surface area contributed by atoms with Gasteiger partial charge in [0, 0.05) is 17.8 Å². The highest BCUT2D eigenvalue weighted by Crippen LogP contribution is 2.21. The Balaban J connectivity index is 2.01. The van der Waals surface area contributed by atoms with Crippen molar-refractivity contribution in [3.63, 3.8) is 0 Å². The third-order valence-electron chi connectivity index (χ3n) is 3.34. The van der Waals surface area contributed by atoms with E-state index in [0.29, 0.717) is 24.2 Å². The van der Waals surface area contributed by atoms with Crippen LogP contribution in [0.25, 0.3) is 0 Å². The SMILES string of the molecule is CCC(=O)Nc1cccc(NC(=O)C2CCS(=O)(=O)C2)c1. The van der Waals surface area contributed by atoms with Crippen LogP contribution >= 0.6 is 0 Å². The smallest absolute Gasteiger partial charge is 0.228 e. The monoisotopic (exact) mass is 310 g/mol. The fourth-order valence-electron chi connectivity index (χ4n) is 2.17. The zero-order valence-electron chi connectivity index (χ0n) is 11.8. The van der Waals surface area contributed by atoms with Gasteiger partial charge in [0.25, 0.3) is 0 Å². The Morgan fingerprint density at radius 1 is 1.24 bits per heavy atom. The topological polar surface area (TPSA) is 92.3 Å². The summed E-state index contributed by atoms with van der Waals surface area (Å²) in [7, 11) is -3.08. The van der Waals surface area contributed by atoms with E-state index >= 15 is 0 Å². The van der Waals surface area contributed by atoms with E-state index in [9.17, 15) is 18.0 Å². The van der Waals surface area contributed by atoms with Crippen LogP contribution in [-0.2, 0) is 19.4 Å². The molecule has 21 heavy (non-hydrogen) atoms. The molecule has 0 radical (unpaired) electrons. The van der Waals surface area contributed by atoms with Crippen molar-refractivity contribution in [3.8, 4) is 0 Å². The Labute approximate surface area is 123 Å². The minimum absolute atomic E-state index is 0.0671. The Bertz CT molecular complexity index is 655. The normalized spacial score (nSPS) is 20.0. The van der Waals surface area contributed by atoms with E-state index in [1.165, 1.54) is 0 Å². The van der Waals surface area contributed by atoms with Gasteiger partial charge < -0.3 is 10.6 Å². The van der Waals surface area contributed by atoms with Crippen LogP contribution in [0.1, 0.15) is 19.8 Å². The molecule has 114 valence electrons. The number of amides is 2. The highest BCUT2D eigenvalue weighted by Gasteiger charge is 2.32. The molecule has 1 aliphatic heterocycles. The zero-order valence-corrected chi connectivity index (χ0v) is 12.6. The van der Waals surface area contributed by atoms with Gasteiger partial charge in [-0.2, -0.15) is 0 Å². The third-order valence-corrected chi connectivity index (χ3v) is 5.11. The fraction of sp³-hybridized carbons (Fsp3) is 0.429. The van der Waals surface area contributed by atoms with Crippen molar-refractivity contribution < 1.29 is 18.0 Å². The highest BCUT2D eigenvalue weighted by atomic mass is 32.2. The van der Waals surface area contributed by atoms with Gasteiger partial charge in [0.2, 0.25) is 11.8 Å². The van der Waals surface area contributed by atoms with Crippen molar-refractivity contribution in [2.75, 3.05) is 22.1 Å². The lowest BCUT2D eigenvalue weighted by atomic mass is 10.1. The van der Waals surface area contributed by atoms with Crippen LogP contribution in [0, 0.1) is 5.92 Å². The summed E-state index contributed by atoms with van der Waals surface area (Å²) < 4.78 is 22.8. The van der Waals surface area contributed by atoms with Crippen molar-refractivity contribution in [1.29, 1.82) is 0 Å². The molecule has 1 aromatic carbocycles. The second kappa shape index (κ2) is 6.26. The first-order valence-electron chi connectivity index (χ1n) is 6.81. The summed E-state index contributed by atoms with van der Waals surface area (Å²) in [6.07, 6.45) is 0.733. The molecule has 1 aromatic rings. The molecular formula is C14H18N2O4S. The van der Waals surface area contributed by atoms with E-state index in [2.05, 4.69) is 10.6 Å². The maximum atomic E-state index is 12.0. The number of sulfone groups is 1. The van der Waals surface area contributed by atoms with Gasteiger partial charge in [-0.3, -0.25) is 9.59 Å². The molecule has 1 fully saturated rings. The standard InChI is InChI=1S/C14H18N2O4S/c1-2-13(17)15-11-4-3-5-12(8-11)16-14(18)10-6-7-21(19,20)9-10/h3-5,8,10H,2,6-7,9H2,1H3,(H,15,17)(H,16,18). The van der Waals surface area contributed by atoms with Crippen molar-refractivity contribution in [2.45, 2.75) is 19.8 Å². The second-order valence-corrected chi connectivity index (χ2v) is 7.30. The molecule has 0 saturated carbocycles. The number of nitrogens with one attached hydrogen (secondary N) is 2. The molecule has 2 rings (SSSR count). The van der Waals surface area contributed by atoms with E-state index < -0.39 is 15.8 Å². The highest BCUT2D eigenvalue weighted by molar-refractivity contribution is 7.91. The fourth-order valence-corrected chi connectivity index (χ4v) is 3.91. The first kappa shape index (κ1) is 15.5. The maximum absolute atomic E-state index is 12.0. The summed E-state index contributed by atoms with van der Waals surface area (Å²) in [5.41, 5.74) is 1.14. The molecule has 2 amide bonds. The summed E-state index contributed by atoms with van der Waals surface area (Å²) in [6.45, 7) is 1.75. The summed E-state index contributed by atoms with van der Waals surface area (Å²) in [4.78, 5) is 23.4. The van der Waals surface area contributed by atoms with Crippen molar-refractivity contribution in [1.82, 2.24) is 0 Å². The number of anilines is 2. The molecule has 0 aliphatic carbocycles. The van der Waals surface area contributed by atoms with Gasteiger partial charge in [-0.05, 0) is 24.6 Å². The quantitative estimate of drug-likeness (QED) is 0.879. The van der Waals surface area contributed by atoms with Crippen LogP contribution in [0.4, 0.5) is 11.4 Å². The van der Waals surface area contributed by atoms with E-state index in [1.54, 1.807) is 31.2 Å². The number of carbonyl (C=O) groups is 2. The van der Waals surface area contributed by atoms with E-state index in [-0.39, 0.29) is 23.3 Å². The van der Waals surface area contributed by atoms with Gasteiger partial charge in [-0.15, -0.1) is 0 Å². The van der Waals surface area contributed by atoms with Crippen molar-refractivity contribution in [2.24, 2.45) is 5.92 Å². The minimum Gasteiger partial charge on any atom is -0.326 e. The van der Waals surface area contributed by atoms with Gasteiger partial charge in [0.05, 0.1) is 17.4 Å². The number of carbonyl (C=O) groups excluding carboxylic acids is 2. The predicted octanol–water partition coefficient (Wildman–Crippen LogP) is 1.41. The molecule has 1 atom stereocenters. The van der Waals surface area contributed by atoms with E-state index in [1.807, 2.05) is 0 Å². The van der Waals surface area contributed by atoms with Crippen LogP contribution < -0.4 is 10.6 Å². The van der Waals surface area contributed by atoms with Gasteiger partial charge in [-0.25, -0.2) is 8.42 Å². The van der Waals surface area contributed by atoms with E-state index in [0.717, 1.165) is 0 Å². The van der Waals surface area contributed by atoms with Crippen LogP contribution in [0.3, 0.4) is 0 Å². The van der Waals surface area contributed by atoms with Crippen LogP contribution in [0.15, 0.2) is 24.3 Å². The molecule has 7 heteroatoms. The summed E-state index contributed by atoms with van der Waals surface area (Å²) in [6, 6.07) is 6.79. The van der Waals surface area contributed by atoms with Crippen LogP contribution in [0.2, 0.25) is 0 Å². The lowest BCUT2D eigenvalue weighted by Gasteiger charge is -2.11. The molecule has 1 aliphatic rings. The largest absolute Gasteiger partial charge is 0.326 e. The summed E-state index contributed by atoms with van der Waals surface area (Å²) >= 11 is 0.